The number of nitrogens with one attached hydrogen (secondary N) is 1. The molecule has 0 amide bonds. The molecular weight excluding hydrogens is 269 g/mol. The van der Waals surface area contributed by atoms with E-state index in [1.807, 2.05) is 17.7 Å². The number of imidazole rings is 1. The highest BCUT2D eigenvalue weighted by atomic mass is 19.1. The summed E-state index contributed by atoms with van der Waals surface area (Å²) >= 11 is 0. The lowest BCUT2D eigenvalue weighted by Gasteiger charge is -2.14. The fourth-order valence-corrected chi connectivity index (χ4v) is 2.19. The highest BCUT2D eigenvalue weighted by molar-refractivity contribution is 5.31. The Bertz CT molecular complexity index is 608. The second-order valence-corrected chi connectivity index (χ2v) is 5.35. The van der Waals surface area contributed by atoms with Crippen molar-refractivity contribution in [3.05, 3.63) is 47.3 Å². The minimum absolute atomic E-state index is 0.270. The molecule has 0 aliphatic carbocycles. The van der Waals surface area contributed by atoms with Crippen molar-refractivity contribution in [1.29, 1.82) is 0 Å². The molecule has 0 bridgehead atoms. The minimum atomic E-state index is -0.309. The van der Waals surface area contributed by atoms with Gasteiger partial charge in [-0.25, -0.2) is 9.37 Å². The Hall–Kier alpha value is -1.88. The topological polar surface area (TPSA) is 39.1 Å². The Morgan fingerprint density at radius 2 is 2.14 bits per heavy atom. The maximum atomic E-state index is 14.3. The average molecular weight is 291 g/mol. The van der Waals surface area contributed by atoms with Gasteiger partial charge in [-0.15, -0.1) is 0 Å². The van der Waals surface area contributed by atoms with E-state index in [0.29, 0.717) is 24.7 Å². The van der Waals surface area contributed by atoms with Crippen LogP contribution in [-0.2, 0) is 13.1 Å². The molecule has 0 unspecified atom stereocenters. The average Bonchev–Trinajstić information content (AvgIpc) is 2.80. The number of hydrogen-bond donors (Lipinski definition) is 1. The molecule has 1 N–H and O–H groups in total. The van der Waals surface area contributed by atoms with Gasteiger partial charge in [-0.05, 0) is 13.0 Å². The monoisotopic (exact) mass is 291 g/mol. The first-order valence-electron chi connectivity index (χ1n) is 7.08. The second kappa shape index (κ2) is 6.72. The molecule has 5 heteroatoms. The highest BCUT2D eigenvalue weighted by Gasteiger charge is 2.12. The fourth-order valence-electron chi connectivity index (χ4n) is 2.19. The van der Waals surface area contributed by atoms with Gasteiger partial charge in [-0.3, -0.25) is 0 Å². The molecule has 1 heterocycles. The molecule has 21 heavy (non-hydrogen) atoms. The Morgan fingerprint density at radius 1 is 1.38 bits per heavy atom. The van der Waals surface area contributed by atoms with Gasteiger partial charge in [-0.1, -0.05) is 26.0 Å². The molecule has 114 valence electrons. The Balaban J connectivity index is 2.25. The van der Waals surface area contributed by atoms with E-state index in [-0.39, 0.29) is 11.6 Å². The van der Waals surface area contributed by atoms with Crippen molar-refractivity contribution in [2.45, 2.75) is 39.9 Å². The number of aromatic nitrogens is 2. The SMILES string of the molecule is COc1cccc(Cn2c(CNC(C)C)cnc2C)c1F. The van der Waals surface area contributed by atoms with Gasteiger partial charge in [0.25, 0.3) is 0 Å². The molecule has 0 saturated heterocycles. The van der Waals surface area contributed by atoms with Crippen LogP contribution in [0.4, 0.5) is 4.39 Å². The van der Waals surface area contributed by atoms with Crippen LogP contribution in [0.25, 0.3) is 0 Å². The number of benzene rings is 1. The number of aryl methyl sites for hydroxylation is 1. The third-order valence-corrected chi connectivity index (χ3v) is 3.42. The van der Waals surface area contributed by atoms with Crippen molar-refractivity contribution >= 4 is 0 Å². The van der Waals surface area contributed by atoms with Gasteiger partial charge in [-0.2, -0.15) is 0 Å². The van der Waals surface area contributed by atoms with Crippen molar-refractivity contribution in [2.24, 2.45) is 0 Å². The maximum Gasteiger partial charge on any atom is 0.170 e. The molecule has 4 nitrogen and oxygen atoms in total. The Labute approximate surface area is 125 Å². The lowest BCUT2D eigenvalue weighted by Crippen LogP contribution is -2.24. The van der Waals surface area contributed by atoms with Gasteiger partial charge in [0.15, 0.2) is 11.6 Å². The van der Waals surface area contributed by atoms with E-state index in [2.05, 4.69) is 24.1 Å². The number of methoxy groups -OCH3 is 1. The summed E-state index contributed by atoms with van der Waals surface area (Å²) in [5.74, 6) is 0.834. The summed E-state index contributed by atoms with van der Waals surface area (Å²) in [5.41, 5.74) is 1.64. The number of rotatable bonds is 6. The van der Waals surface area contributed by atoms with Crippen LogP contribution in [0.15, 0.2) is 24.4 Å². The Morgan fingerprint density at radius 3 is 2.81 bits per heavy atom. The van der Waals surface area contributed by atoms with E-state index in [1.165, 1.54) is 7.11 Å². The lowest BCUT2D eigenvalue weighted by molar-refractivity contribution is 0.383. The van der Waals surface area contributed by atoms with Crippen LogP contribution in [0, 0.1) is 12.7 Å². The van der Waals surface area contributed by atoms with Crippen LogP contribution in [0.5, 0.6) is 5.75 Å². The van der Waals surface area contributed by atoms with Crippen LogP contribution in [0.1, 0.15) is 30.9 Å². The number of ether oxygens (including phenoxy) is 1. The molecular formula is C16H22FN3O. The summed E-state index contributed by atoms with van der Waals surface area (Å²) in [6.45, 7) is 7.27. The number of halogens is 1. The number of hydrogen-bond acceptors (Lipinski definition) is 3. The zero-order chi connectivity index (χ0) is 15.4. The summed E-state index contributed by atoms with van der Waals surface area (Å²) in [5, 5.41) is 3.36. The summed E-state index contributed by atoms with van der Waals surface area (Å²) in [4.78, 5) is 4.33. The van der Waals surface area contributed by atoms with Crippen molar-refractivity contribution in [3.63, 3.8) is 0 Å². The predicted octanol–water partition coefficient (Wildman–Crippen LogP) is 2.89. The van der Waals surface area contributed by atoms with Crippen molar-refractivity contribution in [1.82, 2.24) is 14.9 Å². The summed E-state index contributed by atoms with van der Waals surface area (Å²) in [6, 6.07) is 5.59. The van der Waals surface area contributed by atoms with Crippen LogP contribution in [-0.4, -0.2) is 22.7 Å². The fraction of sp³-hybridized carbons (Fsp3) is 0.438. The maximum absolute atomic E-state index is 14.3. The first-order valence-corrected chi connectivity index (χ1v) is 7.08. The van der Waals surface area contributed by atoms with Gasteiger partial charge in [0.2, 0.25) is 0 Å². The normalized spacial score (nSPS) is 11.1. The zero-order valence-corrected chi connectivity index (χ0v) is 13.0. The van der Waals surface area contributed by atoms with E-state index < -0.39 is 0 Å². The number of nitrogens with zero attached hydrogens (tertiary/aromatic N) is 2. The van der Waals surface area contributed by atoms with Crippen LogP contribution >= 0.6 is 0 Å². The molecule has 2 aromatic rings. The van der Waals surface area contributed by atoms with E-state index in [1.54, 1.807) is 18.2 Å². The highest BCUT2D eigenvalue weighted by Crippen LogP contribution is 2.21. The molecule has 2 rings (SSSR count). The minimum Gasteiger partial charge on any atom is -0.494 e. The van der Waals surface area contributed by atoms with Crippen molar-refractivity contribution in [2.75, 3.05) is 7.11 Å². The molecule has 0 aliphatic heterocycles. The van der Waals surface area contributed by atoms with Crippen molar-refractivity contribution in [3.8, 4) is 5.75 Å². The van der Waals surface area contributed by atoms with Gasteiger partial charge >= 0.3 is 0 Å². The molecule has 1 aromatic carbocycles. The molecule has 0 saturated carbocycles. The van der Waals surface area contributed by atoms with Crippen LogP contribution in [0.2, 0.25) is 0 Å². The van der Waals surface area contributed by atoms with Gasteiger partial charge in [0.1, 0.15) is 5.82 Å². The molecule has 0 spiro atoms. The van der Waals surface area contributed by atoms with E-state index in [0.717, 1.165) is 11.5 Å². The first-order chi connectivity index (χ1) is 10.0. The molecule has 0 radical (unpaired) electrons. The lowest BCUT2D eigenvalue weighted by atomic mass is 10.2. The summed E-state index contributed by atoms with van der Waals surface area (Å²) in [6.07, 6.45) is 1.84. The third-order valence-electron chi connectivity index (χ3n) is 3.42. The summed E-state index contributed by atoms with van der Waals surface area (Å²) < 4.78 is 21.3. The molecule has 0 fully saturated rings. The third kappa shape index (κ3) is 3.61. The van der Waals surface area contributed by atoms with Crippen molar-refractivity contribution < 1.29 is 9.13 Å². The van der Waals surface area contributed by atoms with Gasteiger partial charge in [0.05, 0.1) is 19.3 Å². The zero-order valence-electron chi connectivity index (χ0n) is 13.0. The largest absolute Gasteiger partial charge is 0.494 e. The Kier molecular flexibility index (Phi) is 4.96. The van der Waals surface area contributed by atoms with E-state index in [9.17, 15) is 4.39 Å². The second-order valence-electron chi connectivity index (χ2n) is 5.35. The van der Waals surface area contributed by atoms with E-state index >= 15 is 0 Å². The summed E-state index contributed by atoms with van der Waals surface area (Å²) in [7, 11) is 1.47. The molecule has 1 aromatic heterocycles. The first kappa shape index (κ1) is 15.5. The van der Waals surface area contributed by atoms with Crippen LogP contribution in [0.3, 0.4) is 0 Å². The quantitative estimate of drug-likeness (QED) is 0.889. The van der Waals surface area contributed by atoms with Gasteiger partial charge < -0.3 is 14.6 Å². The molecule has 0 atom stereocenters. The van der Waals surface area contributed by atoms with E-state index in [4.69, 9.17) is 4.74 Å². The standard InChI is InChI=1S/C16H22FN3O/c1-11(2)18-8-14-9-19-12(3)20(14)10-13-6-5-7-15(21-4)16(13)17/h5-7,9,11,18H,8,10H2,1-4H3. The predicted molar refractivity (Wildman–Crippen MR) is 81.0 cm³/mol. The molecule has 0 aliphatic rings. The smallest absolute Gasteiger partial charge is 0.170 e. The van der Waals surface area contributed by atoms with Gasteiger partial charge in [0, 0.05) is 24.3 Å². The van der Waals surface area contributed by atoms with Crippen LogP contribution < -0.4 is 10.1 Å².